The van der Waals surface area contributed by atoms with Gasteiger partial charge in [0.05, 0.1) is 25.2 Å². The molecular weight excluding hydrogens is 304 g/mol. The van der Waals surface area contributed by atoms with E-state index in [9.17, 15) is 15.3 Å². The van der Waals surface area contributed by atoms with E-state index in [4.69, 9.17) is 4.74 Å². The lowest BCUT2D eigenvalue weighted by Crippen LogP contribution is -2.40. The van der Waals surface area contributed by atoms with E-state index in [0.717, 1.165) is 16.9 Å². The van der Waals surface area contributed by atoms with E-state index < -0.39 is 5.41 Å². The van der Waals surface area contributed by atoms with Crippen molar-refractivity contribution in [3.63, 3.8) is 0 Å². The molecule has 1 aromatic carbocycles. The molecule has 0 bridgehead atoms. The molecule has 0 radical (unpaired) electrons. The first-order valence-electron chi connectivity index (χ1n) is 8.51. The average molecular weight is 338 g/mol. The third kappa shape index (κ3) is 4.71. The number of benzene rings is 1. The molecule has 0 spiro atoms. The van der Waals surface area contributed by atoms with Gasteiger partial charge in [0.25, 0.3) is 0 Å². The van der Waals surface area contributed by atoms with Crippen LogP contribution in [-0.2, 0) is 10.8 Å². The zero-order valence-electron chi connectivity index (χ0n) is 16.2. The van der Waals surface area contributed by atoms with Gasteiger partial charge in [0.2, 0.25) is 0 Å². The zero-order valence-corrected chi connectivity index (χ0v) is 16.2. The first-order chi connectivity index (χ1) is 10.9. The Balaban J connectivity index is 3.43. The summed E-state index contributed by atoms with van der Waals surface area (Å²) < 4.78 is 6.13. The highest BCUT2D eigenvalue weighted by molar-refractivity contribution is 5.50. The van der Waals surface area contributed by atoms with Gasteiger partial charge in [-0.1, -0.05) is 59.2 Å². The Kier molecular flexibility index (Phi) is 6.48. The van der Waals surface area contributed by atoms with Crippen molar-refractivity contribution in [3.05, 3.63) is 28.8 Å². The van der Waals surface area contributed by atoms with Crippen LogP contribution < -0.4 is 4.74 Å². The van der Waals surface area contributed by atoms with Crippen LogP contribution in [0.2, 0.25) is 0 Å². The van der Waals surface area contributed by atoms with Gasteiger partial charge in [0.1, 0.15) is 12.4 Å². The molecule has 0 atom stereocenters. The van der Waals surface area contributed by atoms with Crippen molar-refractivity contribution in [2.75, 3.05) is 26.4 Å². The maximum atomic E-state index is 9.56. The van der Waals surface area contributed by atoms with Crippen molar-refractivity contribution < 1.29 is 20.1 Å². The molecule has 0 amide bonds. The minimum atomic E-state index is -1.05. The number of rotatable bonds is 6. The fourth-order valence-electron chi connectivity index (χ4n) is 2.56. The third-order valence-electron chi connectivity index (χ3n) is 4.38. The summed E-state index contributed by atoms with van der Waals surface area (Å²) in [5.41, 5.74) is 2.10. The van der Waals surface area contributed by atoms with Crippen LogP contribution in [0.5, 0.6) is 5.75 Å². The van der Waals surface area contributed by atoms with Crippen LogP contribution in [0.4, 0.5) is 0 Å². The average Bonchev–Trinajstić information content (AvgIpc) is 2.47. The van der Waals surface area contributed by atoms with Gasteiger partial charge in [-0.15, -0.1) is 0 Å². The molecule has 0 aliphatic carbocycles. The maximum Gasteiger partial charge on any atom is 0.126 e. The highest BCUT2D eigenvalue weighted by Crippen LogP contribution is 2.41. The number of ether oxygens (including phenoxy) is 1. The molecule has 0 unspecified atom stereocenters. The van der Waals surface area contributed by atoms with E-state index >= 15 is 0 Å². The van der Waals surface area contributed by atoms with E-state index in [1.807, 2.05) is 0 Å². The smallest absolute Gasteiger partial charge is 0.126 e. The Hall–Kier alpha value is -1.10. The molecule has 0 saturated heterocycles. The van der Waals surface area contributed by atoms with Crippen LogP contribution in [0.15, 0.2) is 12.1 Å². The Morgan fingerprint density at radius 2 is 1.17 bits per heavy atom. The standard InChI is InChI=1S/C20H34O4/c1-14-8-15(18(2,3)4)17(16(9-14)19(5,6)7)24-13-20(10-21,11-22)12-23/h8-9,21-23H,10-13H2,1-7H3. The summed E-state index contributed by atoms with van der Waals surface area (Å²) in [4.78, 5) is 0. The van der Waals surface area contributed by atoms with Crippen molar-refractivity contribution in [3.8, 4) is 5.75 Å². The second-order valence-corrected chi connectivity index (χ2v) is 8.95. The summed E-state index contributed by atoms with van der Waals surface area (Å²) in [7, 11) is 0. The Morgan fingerprint density at radius 3 is 1.46 bits per heavy atom. The van der Waals surface area contributed by atoms with E-state index in [1.54, 1.807) is 0 Å². The molecule has 4 heteroatoms. The fourth-order valence-corrected chi connectivity index (χ4v) is 2.56. The van der Waals surface area contributed by atoms with E-state index in [-0.39, 0.29) is 37.3 Å². The van der Waals surface area contributed by atoms with Gasteiger partial charge < -0.3 is 20.1 Å². The second kappa shape index (κ2) is 7.42. The maximum absolute atomic E-state index is 9.56. The molecule has 1 aromatic rings. The quantitative estimate of drug-likeness (QED) is 0.746. The molecule has 0 aliphatic heterocycles. The highest BCUT2D eigenvalue weighted by atomic mass is 16.5. The number of aliphatic hydroxyl groups is 3. The van der Waals surface area contributed by atoms with Gasteiger partial charge in [-0.25, -0.2) is 0 Å². The molecule has 0 heterocycles. The molecule has 1 rings (SSSR count). The first kappa shape index (κ1) is 20.9. The lowest BCUT2D eigenvalue weighted by atomic mass is 9.78. The van der Waals surface area contributed by atoms with Crippen LogP contribution in [0.1, 0.15) is 58.2 Å². The van der Waals surface area contributed by atoms with Gasteiger partial charge in [-0.05, 0) is 17.8 Å². The van der Waals surface area contributed by atoms with Crippen LogP contribution in [0, 0.1) is 12.3 Å². The van der Waals surface area contributed by atoms with E-state index in [1.165, 1.54) is 5.56 Å². The number of aryl methyl sites for hydroxylation is 1. The summed E-state index contributed by atoms with van der Waals surface area (Å²) >= 11 is 0. The summed E-state index contributed by atoms with van der Waals surface area (Å²) in [5.74, 6) is 0.792. The van der Waals surface area contributed by atoms with Gasteiger partial charge >= 0.3 is 0 Å². The molecular formula is C20H34O4. The highest BCUT2D eigenvalue weighted by Gasteiger charge is 2.32. The molecule has 4 nitrogen and oxygen atoms in total. The molecule has 0 aliphatic rings. The minimum absolute atomic E-state index is 0.0612. The lowest BCUT2D eigenvalue weighted by Gasteiger charge is -2.33. The summed E-state index contributed by atoms with van der Waals surface area (Å²) in [6, 6.07) is 4.26. The van der Waals surface area contributed by atoms with E-state index in [0.29, 0.717) is 0 Å². The van der Waals surface area contributed by atoms with Crippen molar-refractivity contribution in [1.29, 1.82) is 0 Å². The third-order valence-corrected chi connectivity index (χ3v) is 4.38. The lowest BCUT2D eigenvalue weighted by molar-refractivity contribution is -0.0265. The van der Waals surface area contributed by atoms with Crippen molar-refractivity contribution >= 4 is 0 Å². The summed E-state index contributed by atoms with van der Waals surface area (Å²) in [6.07, 6.45) is 0. The Bertz CT molecular complexity index is 502. The topological polar surface area (TPSA) is 69.9 Å². The number of aliphatic hydroxyl groups excluding tert-OH is 3. The van der Waals surface area contributed by atoms with Crippen LogP contribution in [0.3, 0.4) is 0 Å². The van der Waals surface area contributed by atoms with Gasteiger partial charge in [0, 0.05) is 11.1 Å². The van der Waals surface area contributed by atoms with Crippen LogP contribution in [0.25, 0.3) is 0 Å². The molecule has 0 aromatic heterocycles. The molecule has 0 saturated carbocycles. The second-order valence-electron chi connectivity index (χ2n) is 8.95. The van der Waals surface area contributed by atoms with Gasteiger partial charge in [-0.2, -0.15) is 0 Å². The molecule has 0 fully saturated rings. The summed E-state index contributed by atoms with van der Waals surface area (Å²) in [6.45, 7) is 14.0. The van der Waals surface area contributed by atoms with Gasteiger partial charge in [0.15, 0.2) is 0 Å². The summed E-state index contributed by atoms with van der Waals surface area (Å²) in [5, 5.41) is 28.7. The minimum Gasteiger partial charge on any atom is -0.492 e. The van der Waals surface area contributed by atoms with Crippen LogP contribution >= 0.6 is 0 Å². The Morgan fingerprint density at radius 1 is 0.792 bits per heavy atom. The first-order valence-corrected chi connectivity index (χ1v) is 8.51. The predicted octanol–water partition coefficient (Wildman–Crippen LogP) is 2.93. The van der Waals surface area contributed by atoms with Crippen molar-refractivity contribution in [2.24, 2.45) is 5.41 Å². The molecule has 24 heavy (non-hydrogen) atoms. The normalized spacial score (nSPS) is 13.2. The Labute approximate surface area is 146 Å². The molecule has 138 valence electrons. The predicted molar refractivity (Wildman–Crippen MR) is 97.8 cm³/mol. The van der Waals surface area contributed by atoms with Crippen LogP contribution in [-0.4, -0.2) is 41.7 Å². The van der Waals surface area contributed by atoms with Crippen molar-refractivity contribution in [2.45, 2.75) is 59.3 Å². The zero-order chi connectivity index (χ0) is 18.8. The number of hydrogen-bond acceptors (Lipinski definition) is 4. The number of hydrogen-bond donors (Lipinski definition) is 3. The van der Waals surface area contributed by atoms with Gasteiger partial charge in [-0.3, -0.25) is 0 Å². The monoisotopic (exact) mass is 338 g/mol. The van der Waals surface area contributed by atoms with Crippen molar-refractivity contribution in [1.82, 2.24) is 0 Å². The fraction of sp³-hybridized carbons (Fsp3) is 0.700. The van der Waals surface area contributed by atoms with E-state index in [2.05, 4.69) is 60.6 Å². The molecule has 3 N–H and O–H groups in total. The largest absolute Gasteiger partial charge is 0.492 e. The SMILES string of the molecule is Cc1cc(C(C)(C)C)c(OCC(CO)(CO)CO)c(C(C)(C)C)c1.